The average molecular weight is 381 g/mol. The third-order valence-electron chi connectivity index (χ3n) is 5.43. The molecule has 4 rings (SSSR count). The lowest BCUT2D eigenvalue weighted by Gasteiger charge is -2.34. The molecule has 0 fully saturated rings. The van der Waals surface area contributed by atoms with Gasteiger partial charge >= 0.3 is 0 Å². The smallest absolute Gasteiger partial charge is 0.162 e. The molecule has 2 aromatic rings. The number of anilines is 1. The minimum absolute atomic E-state index is 0.0666. The van der Waals surface area contributed by atoms with Crippen molar-refractivity contribution in [3.05, 3.63) is 52.7 Å². The van der Waals surface area contributed by atoms with Gasteiger partial charge in [0.25, 0.3) is 0 Å². The summed E-state index contributed by atoms with van der Waals surface area (Å²) in [6.45, 7) is 0. The zero-order valence-electron chi connectivity index (χ0n) is 16.2. The van der Waals surface area contributed by atoms with E-state index in [1.165, 1.54) is 7.11 Å². The van der Waals surface area contributed by atoms with Crippen molar-refractivity contribution in [1.29, 1.82) is 0 Å². The van der Waals surface area contributed by atoms with E-state index < -0.39 is 0 Å². The maximum absolute atomic E-state index is 12.9. The standard InChI is InChI=1S/C22H23NO5/c1-26-18-9-12(7-8-16(18)24)21-13-10-19(27-2)20(28-3)11-15(13)23-14-5-4-6-17(25)22(14)21/h7-11,21,23-24H,4-6H2,1-3H3/t21-/m1/s1. The summed E-state index contributed by atoms with van der Waals surface area (Å²) in [6, 6.07) is 9.04. The van der Waals surface area contributed by atoms with Gasteiger partial charge in [-0.2, -0.15) is 0 Å². The van der Waals surface area contributed by atoms with Crippen molar-refractivity contribution in [2.24, 2.45) is 0 Å². The van der Waals surface area contributed by atoms with Crippen LogP contribution in [0.1, 0.15) is 36.3 Å². The molecular formula is C22H23NO5. The number of benzene rings is 2. The molecule has 1 atom stereocenters. The number of allylic oxidation sites excluding steroid dienone is 2. The number of carbonyl (C=O) groups excluding carboxylic acids is 1. The highest BCUT2D eigenvalue weighted by Gasteiger charge is 2.36. The Bertz CT molecular complexity index is 979. The zero-order valence-corrected chi connectivity index (χ0v) is 16.2. The number of phenolic OH excluding ortho intramolecular Hbond substituents is 1. The first-order valence-electron chi connectivity index (χ1n) is 9.23. The van der Waals surface area contributed by atoms with Gasteiger partial charge in [0.1, 0.15) is 0 Å². The fourth-order valence-electron chi connectivity index (χ4n) is 4.11. The summed E-state index contributed by atoms with van der Waals surface area (Å²) in [6.07, 6.45) is 2.19. The predicted octanol–water partition coefficient (Wildman–Crippen LogP) is 3.98. The summed E-state index contributed by atoms with van der Waals surface area (Å²) in [5.41, 5.74) is 4.43. The van der Waals surface area contributed by atoms with E-state index in [0.29, 0.717) is 23.7 Å². The molecule has 6 heteroatoms. The molecule has 0 bridgehead atoms. The molecular weight excluding hydrogens is 358 g/mol. The Balaban J connectivity index is 1.96. The number of hydrogen-bond acceptors (Lipinski definition) is 6. The first-order valence-corrected chi connectivity index (χ1v) is 9.23. The fraction of sp³-hybridized carbons (Fsp3) is 0.318. The number of nitrogens with one attached hydrogen (secondary N) is 1. The van der Waals surface area contributed by atoms with Crippen molar-refractivity contribution in [1.82, 2.24) is 0 Å². The van der Waals surface area contributed by atoms with Crippen molar-refractivity contribution >= 4 is 11.5 Å². The number of ether oxygens (including phenoxy) is 3. The van der Waals surface area contributed by atoms with Gasteiger partial charge in [-0.25, -0.2) is 0 Å². The summed E-state index contributed by atoms with van der Waals surface area (Å²) in [4.78, 5) is 12.9. The predicted molar refractivity (Wildman–Crippen MR) is 106 cm³/mol. The number of hydrogen-bond donors (Lipinski definition) is 2. The number of phenols is 1. The van der Waals surface area contributed by atoms with Gasteiger partial charge in [0.2, 0.25) is 0 Å². The van der Waals surface area contributed by atoms with Crippen LogP contribution in [0.2, 0.25) is 0 Å². The number of fused-ring (bicyclic) bond motifs is 1. The highest BCUT2D eigenvalue weighted by atomic mass is 16.5. The van der Waals surface area contributed by atoms with E-state index in [0.717, 1.165) is 40.9 Å². The van der Waals surface area contributed by atoms with E-state index >= 15 is 0 Å². The van der Waals surface area contributed by atoms with Crippen LogP contribution in [0.25, 0.3) is 0 Å². The van der Waals surface area contributed by atoms with E-state index in [4.69, 9.17) is 14.2 Å². The molecule has 0 unspecified atom stereocenters. The van der Waals surface area contributed by atoms with Crippen LogP contribution in [0, 0.1) is 0 Å². The number of ketones is 1. The summed E-state index contributed by atoms with van der Waals surface area (Å²) in [5.74, 6) is 1.55. The molecule has 0 saturated heterocycles. The van der Waals surface area contributed by atoms with Crippen LogP contribution in [0.15, 0.2) is 41.6 Å². The summed E-state index contributed by atoms with van der Waals surface area (Å²) < 4.78 is 16.2. The zero-order chi connectivity index (χ0) is 19.8. The number of Topliss-reactive ketones (excluding diaryl/α,β-unsaturated/α-hetero) is 1. The number of rotatable bonds is 4. The van der Waals surface area contributed by atoms with Gasteiger partial charge < -0.3 is 24.6 Å². The second kappa shape index (κ2) is 7.11. The van der Waals surface area contributed by atoms with Gasteiger partial charge in [-0.3, -0.25) is 4.79 Å². The van der Waals surface area contributed by atoms with Crippen LogP contribution in [-0.2, 0) is 4.79 Å². The normalized spacial score (nSPS) is 18.1. The van der Waals surface area contributed by atoms with E-state index in [1.807, 2.05) is 18.2 Å². The SMILES string of the molecule is COc1cc([C@H]2C3=C(CCCC3=O)Nc3cc(OC)c(OC)cc32)ccc1O. The van der Waals surface area contributed by atoms with E-state index in [2.05, 4.69) is 5.32 Å². The molecule has 2 aromatic carbocycles. The van der Waals surface area contributed by atoms with Gasteiger partial charge in [0, 0.05) is 35.4 Å². The highest BCUT2D eigenvalue weighted by molar-refractivity contribution is 6.01. The minimum atomic E-state index is -0.270. The van der Waals surface area contributed by atoms with Crippen LogP contribution in [0.3, 0.4) is 0 Å². The van der Waals surface area contributed by atoms with Crippen molar-refractivity contribution in [2.75, 3.05) is 26.6 Å². The Morgan fingerprint density at radius 3 is 2.39 bits per heavy atom. The molecule has 0 radical (unpaired) electrons. The van der Waals surface area contributed by atoms with Crippen LogP contribution in [0.5, 0.6) is 23.0 Å². The minimum Gasteiger partial charge on any atom is -0.504 e. The monoisotopic (exact) mass is 381 g/mol. The molecule has 1 aliphatic heterocycles. The second-order valence-corrected chi connectivity index (χ2v) is 6.95. The molecule has 6 nitrogen and oxygen atoms in total. The lowest BCUT2D eigenvalue weighted by molar-refractivity contribution is -0.116. The first kappa shape index (κ1) is 18.2. The third-order valence-corrected chi connectivity index (χ3v) is 5.43. The molecule has 0 spiro atoms. The van der Waals surface area contributed by atoms with E-state index in [1.54, 1.807) is 26.4 Å². The van der Waals surface area contributed by atoms with Crippen LogP contribution >= 0.6 is 0 Å². The second-order valence-electron chi connectivity index (χ2n) is 6.95. The lowest BCUT2D eigenvalue weighted by Crippen LogP contribution is -2.27. The number of methoxy groups -OCH3 is 3. The molecule has 1 heterocycles. The summed E-state index contributed by atoms with van der Waals surface area (Å²) in [7, 11) is 4.71. The van der Waals surface area contributed by atoms with Crippen molar-refractivity contribution in [3.8, 4) is 23.0 Å². The Morgan fingerprint density at radius 1 is 0.964 bits per heavy atom. The molecule has 0 saturated carbocycles. The van der Waals surface area contributed by atoms with Gasteiger partial charge in [-0.1, -0.05) is 6.07 Å². The molecule has 28 heavy (non-hydrogen) atoms. The maximum Gasteiger partial charge on any atom is 0.162 e. The Labute approximate surface area is 163 Å². The molecule has 1 aliphatic carbocycles. The topological polar surface area (TPSA) is 77.0 Å². The van der Waals surface area contributed by atoms with Crippen molar-refractivity contribution < 1.29 is 24.1 Å². The molecule has 146 valence electrons. The Kier molecular flexibility index (Phi) is 4.63. The molecule has 0 amide bonds. The van der Waals surface area contributed by atoms with Crippen molar-refractivity contribution in [2.45, 2.75) is 25.2 Å². The van der Waals surface area contributed by atoms with Gasteiger partial charge in [-0.05, 0) is 42.2 Å². The third kappa shape index (κ3) is 2.85. The van der Waals surface area contributed by atoms with E-state index in [9.17, 15) is 9.90 Å². The number of aromatic hydroxyl groups is 1. The summed E-state index contributed by atoms with van der Waals surface area (Å²) in [5, 5.41) is 13.4. The Hall–Kier alpha value is -3.15. The molecule has 2 aliphatic rings. The van der Waals surface area contributed by atoms with Gasteiger partial charge in [0.05, 0.1) is 21.3 Å². The van der Waals surface area contributed by atoms with Crippen LogP contribution in [0.4, 0.5) is 5.69 Å². The van der Waals surface area contributed by atoms with Gasteiger partial charge in [-0.15, -0.1) is 0 Å². The maximum atomic E-state index is 12.9. The van der Waals surface area contributed by atoms with Crippen molar-refractivity contribution in [3.63, 3.8) is 0 Å². The van der Waals surface area contributed by atoms with E-state index in [-0.39, 0.29) is 17.5 Å². The molecule has 2 N–H and O–H groups in total. The fourth-order valence-corrected chi connectivity index (χ4v) is 4.11. The average Bonchev–Trinajstić information content (AvgIpc) is 2.72. The highest BCUT2D eigenvalue weighted by Crippen LogP contribution is 2.49. The van der Waals surface area contributed by atoms with Gasteiger partial charge in [0.15, 0.2) is 28.8 Å². The van der Waals surface area contributed by atoms with Crippen LogP contribution in [-0.4, -0.2) is 32.2 Å². The van der Waals surface area contributed by atoms with Crippen LogP contribution < -0.4 is 19.5 Å². The number of carbonyl (C=O) groups is 1. The lowest BCUT2D eigenvalue weighted by atomic mass is 9.75. The first-order chi connectivity index (χ1) is 13.6. The Morgan fingerprint density at radius 2 is 1.68 bits per heavy atom. The largest absolute Gasteiger partial charge is 0.504 e. The quantitative estimate of drug-likeness (QED) is 0.834. The summed E-state index contributed by atoms with van der Waals surface area (Å²) >= 11 is 0. The molecule has 0 aromatic heterocycles.